The zero-order valence-electron chi connectivity index (χ0n) is 17.8. The molecule has 0 aliphatic carbocycles. The predicted molar refractivity (Wildman–Crippen MR) is 114 cm³/mol. The van der Waals surface area contributed by atoms with Gasteiger partial charge in [-0.05, 0) is 49.2 Å². The summed E-state index contributed by atoms with van der Waals surface area (Å²) in [7, 11) is 1.46. The summed E-state index contributed by atoms with van der Waals surface area (Å²) in [5, 5.41) is 11.6. The summed E-state index contributed by atoms with van der Waals surface area (Å²) < 4.78 is 10.4. The van der Waals surface area contributed by atoms with Crippen molar-refractivity contribution in [1.29, 1.82) is 5.26 Å². The summed E-state index contributed by atoms with van der Waals surface area (Å²) in [6.45, 7) is 2.80. The fraction of sp³-hybridized carbons (Fsp3) is 0.304. The molecule has 2 aromatic rings. The number of carbonyl (C=O) groups excluding carboxylic acids is 3. The highest BCUT2D eigenvalue weighted by atomic mass is 16.6. The van der Waals surface area contributed by atoms with Gasteiger partial charge in [-0.15, -0.1) is 0 Å². The molecule has 0 spiro atoms. The van der Waals surface area contributed by atoms with Crippen molar-refractivity contribution in [3.8, 4) is 11.8 Å². The second-order valence-corrected chi connectivity index (χ2v) is 6.81. The summed E-state index contributed by atoms with van der Waals surface area (Å²) in [6, 6.07) is 15.7. The number of para-hydroxylation sites is 1. The molecule has 0 fully saturated rings. The van der Waals surface area contributed by atoms with Crippen molar-refractivity contribution in [3.05, 3.63) is 59.7 Å². The van der Waals surface area contributed by atoms with Crippen LogP contribution in [0.1, 0.15) is 25.0 Å². The highest BCUT2D eigenvalue weighted by Crippen LogP contribution is 2.15. The summed E-state index contributed by atoms with van der Waals surface area (Å²) in [5.41, 5.74) is 2.17. The molecule has 1 N–H and O–H groups in total. The van der Waals surface area contributed by atoms with Crippen LogP contribution >= 0.6 is 0 Å². The van der Waals surface area contributed by atoms with Crippen LogP contribution in [0.4, 0.5) is 5.69 Å². The van der Waals surface area contributed by atoms with Crippen LogP contribution in [0.2, 0.25) is 0 Å². The molecule has 2 rings (SSSR count). The topological polar surface area (TPSA) is 109 Å². The fourth-order valence-electron chi connectivity index (χ4n) is 2.66. The Hall–Kier alpha value is -3.86. The average Bonchev–Trinajstić information content (AvgIpc) is 2.77. The Kier molecular flexibility index (Phi) is 8.58. The largest absolute Gasteiger partial charge is 0.479 e. The molecule has 31 heavy (non-hydrogen) atoms. The standard InChI is InChI=1S/C23H25N3O5/c1-4-18-7-5-6-8-20(18)25-21(27)14-26(3)22(28)15-30-23(29)16(2)31-19-11-9-17(13-24)10-12-19/h5-12,16H,4,14-15H2,1-3H3,(H,25,27)/t16-/m0/s1. The van der Waals surface area contributed by atoms with Crippen molar-refractivity contribution in [1.82, 2.24) is 4.90 Å². The SMILES string of the molecule is CCc1ccccc1NC(=O)CN(C)C(=O)COC(=O)[C@H](C)Oc1ccc(C#N)cc1. The van der Waals surface area contributed by atoms with Gasteiger partial charge < -0.3 is 19.7 Å². The Morgan fingerprint density at radius 2 is 1.81 bits per heavy atom. The number of nitrogens with zero attached hydrogens (tertiary/aromatic N) is 2. The van der Waals surface area contributed by atoms with E-state index in [1.807, 2.05) is 31.2 Å². The smallest absolute Gasteiger partial charge is 0.347 e. The molecule has 0 unspecified atom stereocenters. The number of aryl methyl sites for hydroxylation is 1. The Morgan fingerprint density at radius 1 is 1.13 bits per heavy atom. The molecule has 0 radical (unpaired) electrons. The number of hydrogen-bond donors (Lipinski definition) is 1. The lowest BCUT2D eigenvalue weighted by Gasteiger charge is -2.18. The number of benzene rings is 2. The van der Waals surface area contributed by atoms with Crippen LogP contribution in [0, 0.1) is 11.3 Å². The minimum Gasteiger partial charge on any atom is -0.479 e. The van der Waals surface area contributed by atoms with Gasteiger partial charge in [-0.2, -0.15) is 5.26 Å². The van der Waals surface area contributed by atoms with Gasteiger partial charge in [0.1, 0.15) is 5.75 Å². The fourth-order valence-corrected chi connectivity index (χ4v) is 2.66. The third-order valence-electron chi connectivity index (χ3n) is 4.44. The van der Waals surface area contributed by atoms with Crippen LogP contribution in [0.3, 0.4) is 0 Å². The van der Waals surface area contributed by atoms with E-state index in [1.165, 1.54) is 18.9 Å². The number of likely N-dealkylation sites (N-methyl/N-ethyl adjacent to an activating group) is 1. The van der Waals surface area contributed by atoms with Gasteiger partial charge in [-0.3, -0.25) is 9.59 Å². The van der Waals surface area contributed by atoms with Crippen molar-refractivity contribution >= 4 is 23.5 Å². The molecule has 0 aromatic heterocycles. The molecule has 0 saturated carbocycles. The Bertz CT molecular complexity index is 966. The molecule has 8 heteroatoms. The van der Waals surface area contributed by atoms with E-state index in [0.717, 1.165) is 12.0 Å². The number of amides is 2. The van der Waals surface area contributed by atoms with Gasteiger partial charge in [0, 0.05) is 12.7 Å². The van der Waals surface area contributed by atoms with E-state index < -0.39 is 24.6 Å². The number of hydrogen-bond acceptors (Lipinski definition) is 6. The molecule has 2 aromatic carbocycles. The maximum Gasteiger partial charge on any atom is 0.347 e. The van der Waals surface area contributed by atoms with E-state index in [-0.39, 0.29) is 12.5 Å². The normalized spacial score (nSPS) is 11.0. The highest BCUT2D eigenvalue weighted by Gasteiger charge is 2.20. The molecule has 1 atom stereocenters. The molecule has 0 bridgehead atoms. The van der Waals surface area contributed by atoms with Crippen molar-refractivity contribution in [3.63, 3.8) is 0 Å². The summed E-state index contributed by atoms with van der Waals surface area (Å²) in [5.74, 6) is -1.18. The third kappa shape index (κ3) is 7.16. The number of nitrogens with one attached hydrogen (secondary N) is 1. The quantitative estimate of drug-likeness (QED) is 0.621. The Balaban J connectivity index is 1.79. The predicted octanol–water partition coefficient (Wildman–Crippen LogP) is 2.53. The first kappa shape index (κ1) is 23.4. The van der Waals surface area contributed by atoms with Gasteiger partial charge in [-0.1, -0.05) is 25.1 Å². The van der Waals surface area contributed by atoms with E-state index in [1.54, 1.807) is 30.3 Å². The van der Waals surface area contributed by atoms with Crippen molar-refractivity contribution in [2.45, 2.75) is 26.4 Å². The van der Waals surface area contributed by atoms with Crippen LogP contribution in [-0.2, 0) is 25.5 Å². The summed E-state index contributed by atoms with van der Waals surface area (Å²) >= 11 is 0. The molecule has 2 amide bonds. The van der Waals surface area contributed by atoms with Gasteiger partial charge in [0.05, 0.1) is 18.2 Å². The van der Waals surface area contributed by atoms with Gasteiger partial charge >= 0.3 is 5.97 Å². The third-order valence-corrected chi connectivity index (χ3v) is 4.44. The Labute approximate surface area is 181 Å². The molecular weight excluding hydrogens is 398 g/mol. The van der Waals surface area contributed by atoms with Crippen molar-refractivity contribution < 1.29 is 23.9 Å². The van der Waals surface area contributed by atoms with E-state index >= 15 is 0 Å². The number of ether oxygens (including phenoxy) is 2. The van der Waals surface area contributed by atoms with Crippen LogP contribution in [0.15, 0.2) is 48.5 Å². The number of rotatable bonds is 9. The van der Waals surface area contributed by atoms with E-state index in [9.17, 15) is 14.4 Å². The second-order valence-electron chi connectivity index (χ2n) is 6.81. The molecule has 8 nitrogen and oxygen atoms in total. The van der Waals surface area contributed by atoms with Crippen molar-refractivity contribution in [2.24, 2.45) is 0 Å². The van der Waals surface area contributed by atoms with Crippen LogP contribution < -0.4 is 10.1 Å². The molecular formula is C23H25N3O5. The molecule has 0 saturated heterocycles. The monoisotopic (exact) mass is 423 g/mol. The lowest BCUT2D eigenvalue weighted by atomic mass is 10.1. The van der Waals surface area contributed by atoms with Crippen molar-refractivity contribution in [2.75, 3.05) is 25.5 Å². The molecule has 0 aliphatic heterocycles. The second kappa shape index (κ2) is 11.4. The Morgan fingerprint density at radius 3 is 2.45 bits per heavy atom. The zero-order chi connectivity index (χ0) is 22.8. The van der Waals surface area contributed by atoms with Gasteiger partial charge in [-0.25, -0.2) is 4.79 Å². The summed E-state index contributed by atoms with van der Waals surface area (Å²) in [4.78, 5) is 37.7. The first-order chi connectivity index (χ1) is 14.8. The highest BCUT2D eigenvalue weighted by molar-refractivity contribution is 5.95. The number of anilines is 1. The van der Waals surface area contributed by atoms with Crippen LogP contribution in [-0.4, -0.2) is 49.0 Å². The van der Waals surface area contributed by atoms with Crippen LogP contribution in [0.25, 0.3) is 0 Å². The average molecular weight is 423 g/mol. The maximum absolute atomic E-state index is 12.2. The molecule has 162 valence electrons. The molecule has 0 aliphatic rings. The van der Waals surface area contributed by atoms with Crippen LogP contribution in [0.5, 0.6) is 5.75 Å². The summed E-state index contributed by atoms with van der Waals surface area (Å²) in [6.07, 6.45) is -0.177. The van der Waals surface area contributed by atoms with Gasteiger partial charge in [0.15, 0.2) is 12.7 Å². The number of carbonyl (C=O) groups is 3. The lowest BCUT2D eigenvalue weighted by molar-refractivity contribution is -0.157. The van der Waals surface area contributed by atoms with E-state index in [2.05, 4.69) is 5.32 Å². The lowest BCUT2D eigenvalue weighted by Crippen LogP contribution is -2.38. The van der Waals surface area contributed by atoms with Gasteiger partial charge in [0.25, 0.3) is 5.91 Å². The van der Waals surface area contributed by atoms with Gasteiger partial charge in [0.2, 0.25) is 5.91 Å². The van der Waals surface area contributed by atoms with E-state index in [0.29, 0.717) is 17.0 Å². The minimum absolute atomic E-state index is 0.175. The minimum atomic E-state index is -0.945. The maximum atomic E-state index is 12.2. The first-order valence-corrected chi connectivity index (χ1v) is 9.79. The number of esters is 1. The van der Waals surface area contributed by atoms with E-state index in [4.69, 9.17) is 14.7 Å². The molecule has 0 heterocycles. The zero-order valence-corrected chi connectivity index (χ0v) is 17.8. The first-order valence-electron chi connectivity index (χ1n) is 9.79. The number of nitriles is 1.